The number of piperidine rings is 1. The molecule has 0 amide bonds. The molecule has 2 fully saturated rings. The highest BCUT2D eigenvalue weighted by atomic mass is 16.3. The molecule has 1 N–H and O–H groups in total. The second-order valence-electron chi connectivity index (χ2n) is 7.40. The molecule has 4 rings (SSSR count). The Bertz CT molecular complexity index is 679. The molecular weight excluding hydrogens is 326 g/mol. The van der Waals surface area contributed by atoms with Crippen molar-refractivity contribution in [1.29, 1.82) is 0 Å². The number of likely N-dealkylation sites (tertiary alicyclic amines) is 1. The van der Waals surface area contributed by atoms with Crippen LogP contribution in [-0.4, -0.2) is 51.1 Å². The number of aliphatic hydroxyl groups excluding tert-OH is 1. The Morgan fingerprint density at radius 3 is 2.38 bits per heavy atom. The highest BCUT2D eigenvalue weighted by Crippen LogP contribution is 2.30. The molecule has 0 radical (unpaired) electrons. The van der Waals surface area contributed by atoms with Crippen molar-refractivity contribution in [2.75, 3.05) is 31.1 Å². The van der Waals surface area contributed by atoms with Crippen molar-refractivity contribution in [2.45, 2.75) is 38.3 Å². The van der Waals surface area contributed by atoms with Crippen LogP contribution in [0.2, 0.25) is 0 Å². The predicted octanol–water partition coefficient (Wildman–Crippen LogP) is 2.42. The average molecular weight is 353 g/mol. The minimum absolute atomic E-state index is 0.287. The van der Waals surface area contributed by atoms with E-state index in [0.29, 0.717) is 0 Å². The maximum Gasteiger partial charge on any atom is 0.225 e. The van der Waals surface area contributed by atoms with Crippen LogP contribution < -0.4 is 4.90 Å². The van der Waals surface area contributed by atoms with Crippen molar-refractivity contribution in [3.8, 4) is 0 Å². The molecule has 0 bridgehead atoms. The summed E-state index contributed by atoms with van der Waals surface area (Å²) in [5, 5.41) is 10.5. The van der Waals surface area contributed by atoms with Crippen LogP contribution in [0.3, 0.4) is 0 Å². The number of hydrogen-bond donors (Lipinski definition) is 1. The Morgan fingerprint density at radius 2 is 1.73 bits per heavy atom. The Kier molecular flexibility index (Phi) is 5.41. The molecular formula is C20H27N5O. The molecule has 138 valence electrons. The SMILES string of the molecule is O[C@@H](c1ccccn1)C1CCN(Cc2cnc(N3CCCC3)nc2)CC1. The first-order valence-electron chi connectivity index (χ1n) is 9.67. The molecule has 6 heteroatoms. The van der Waals surface area contributed by atoms with Crippen molar-refractivity contribution in [3.63, 3.8) is 0 Å². The van der Waals surface area contributed by atoms with Gasteiger partial charge in [0.15, 0.2) is 0 Å². The van der Waals surface area contributed by atoms with E-state index in [2.05, 4.69) is 24.8 Å². The second kappa shape index (κ2) is 8.10. The van der Waals surface area contributed by atoms with E-state index in [1.54, 1.807) is 6.20 Å². The van der Waals surface area contributed by atoms with Gasteiger partial charge in [-0.05, 0) is 56.8 Å². The Labute approximate surface area is 154 Å². The predicted molar refractivity (Wildman–Crippen MR) is 101 cm³/mol. The number of aliphatic hydroxyl groups is 1. The molecule has 1 atom stereocenters. The van der Waals surface area contributed by atoms with Crippen LogP contribution in [0.5, 0.6) is 0 Å². The highest BCUT2D eigenvalue weighted by molar-refractivity contribution is 5.30. The number of pyridine rings is 1. The zero-order valence-corrected chi connectivity index (χ0v) is 15.2. The number of aromatic nitrogens is 3. The van der Waals surface area contributed by atoms with E-state index in [0.717, 1.165) is 62.8 Å². The lowest BCUT2D eigenvalue weighted by atomic mass is 9.89. The van der Waals surface area contributed by atoms with Gasteiger partial charge in [-0.3, -0.25) is 9.88 Å². The van der Waals surface area contributed by atoms with Gasteiger partial charge in [-0.25, -0.2) is 9.97 Å². The number of hydrogen-bond acceptors (Lipinski definition) is 6. The second-order valence-corrected chi connectivity index (χ2v) is 7.40. The van der Waals surface area contributed by atoms with Crippen molar-refractivity contribution >= 4 is 5.95 Å². The van der Waals surface area contributed by atoms with Gasteiger partial charge in [-0.1, -0.05) is 6.07 Å². The molecule has 0 aromatic carbocycles. The Balaban J connectivity index is 1.28. The highest BCUT2D eigenvalue weighted by Gasteiger charge is 2.27. The lowest BCUT2D eigenvalue weighted by Crippen LogP contribution is -2.35. The standard InChI is InChI=1S/C20H27N5O/c26-19(18-5-1-2-8-21-18)17-6-11-24(12-7-17)15-16-13-22-20(23-14-16)25-9-3-4-10-25/h1-2,5,8,13-14,17,19,26H,3-4,6-7,9-12,15H2/t19-/m1/s1. The summed E-state index contributed by atoms with van der Waals surface area (Å²) in [6.45, 7) is 5.01. The van der Waals surface area contributed by atoms with Gasteiger partial charge in [0.2, 0.25) is 5.95 Å². The van der Waals surface area contributed by atoms with E-state index in [-0.39, 0.29) is 5.92 Å². The number of nitrogens with zero attached hydrogens (tertiary/aromatic N) is 5. The Morgan fingerprint density at radius 1 is 1.00 bits per heavy atom. The van der Waals surface area contributed by atoms with Crippen molar-refractivity contribution in [3.05, 3.63) is 48.0 Å². The zero-order valence-electron chi connectivity index (χ0n) is 15.2. The minimum Gasteiger partial charge on any atom is -0.387 e. The fourth-order valence-corrected chi connectivity index (χ4v) is 3.99. The molecule has 2 saturated heterocycles. The first-order valence-corrected chi connectivity index (χ1v) is 9.67. The van der Waals surface area contributed by atoms with Crippen molar-refractivity contribution in [2.24, 2.45) is 5.92 Å². The third-order valence-electron chi connectivity index (χ3n) is 5.56. The molecule has 2 aliphatic rings. The molecule has 4 heterocycles. The fraction of sp³-hybridized carbons (Fsp3) is 0.550. The third-order valence-corrected chi connectivity index (χ3v) is 5.56. The minimum atomic E-state index is -0.457. The number of rotatable bonds is 5. The van der Waals surface area contributed by atoms with Crippen LogP contribution in [0.4, 0.5) is 5.95 Å². The molecule has 2 aromatic heterocycles. The molecule has 0 spiro atoms. The smallest absolute Gasteiger partial charge is 0.225 e. The summed E-state index contributed by atoms with van der Waals surface area (Å²) in [5.41, 5.74) is 1.95. The van der Waals surface area contributed by atoms with E-state index in [9.17, 15) is 5.11 Å². The first-order chi connectivity index (χ1) is 12.8. The normalized spacial score (nSPS) is 20.4. The van der Waals surface area contributed by atoms with Crippen LogP contribution in [0.15, 0.2) is 36.8 Å². The molecule has 0 aliphatic carbocycles. The van der Waals surface area contributed by atoms with E-state index in [4.69, 9.17) is 0 Å². The van der Waals surface area contributed by atoms with Crippen LogP contribution in [0.1, 0.15) is 43.0 Å². The fourth-order valence-electron chi connectivity index (χ4n) is 3.99. The van der Waals surface area contributed by atoms with Gasteiger partial charge in [0.25, 0.3) is 0 Å². The van der Waals surface area contributed by atoms with E-state index in [1.807, 2.05) is 30.6 Å². The third kappa shape index (κ3) is 4.02. The van der Waals surface area contributed by atoms with Gasteiger partial charge in [-0.15, -0.1) is 0 Å². The topological polar surface area (TPSA) is 65.4 Å². The molecule has 2 aromatic rings. The van der Waals surface area contributed by atoms with Crippen LogP contribution >= 0.6 is 0 Å². The van der Waals surface area contributed by atoms with E-state index < -0.39 is 6.10 Å². The van der Waals surface area contributed by atoms with Gasteiger partial charge < -0.3 is 10.0 Å². The summed E-state index contributed by atoms with van der Waals surface area (Å²) in [7, 11) is 0. The summed E-state index contributed by atoms with van der Waals surface area (Å²) >= 11 is 0. The summed E-state index contributed by atoms with van der Waals surface area (Å²) in [6.07, 6.45) is 9.69. The number of anilines is 1. The van der Waals surface area contributed by atoms with Crippen molar-refractivity contribution in [1.82, 2.24) is 19.9 Å². The monoisotopic (exact) mass is 353 g/mol. The first kappa shape index (κ1) is 17.4. The molecule has 0 unspecified atom stereocenters. The quantitative estimate of drug-likeness (QED) is 0.890. The van der Waals surface area contributed by atoms with Gasteiger partial charge in [0, 0.05) is 43.8 Å². The average Bonchev–Trinajstić information content (AvgIpc) is 3.24. The van der Waals surface area contributed by atoms with Crippen LogP contribution in [0.25, 0.3) is 0 Å². The lowest BCUT2D eigenvalue weighted by molar-refractivity contribution is 0.0539. The summed E-state index contributed by atoms with van der Waals surface area (Å²) in [6, 6.07) is 5.73. The molecule has 2 aliphatic heterocycles. The summed E-state index contributed by atoms with van der Waals surface area (Å²) in [5.74, 6) is 1.15. The zero-order chi connectivity index (χ0) is 17.8. The van der Waals surface area contributed by atoms with Crippen LogP contribution in [-0.2, 0) is 6.54 Å². The summed E-state index contributed by atoms with van der Waals surface area (Å²) in [4.78, 5) is 18.1. The molecule has 26 heavy (non-hydrogen) atoms. The van der Waals surface area contributed by atoms with Crippen LogP contribution in [0, 0.1) is 5.92 Å². The van der Waals surface area contributed by atoms with Gasteiger partial charge in [-0.2, -0.15) is 0 Å². The maximum absolute atomic E-state index is 10.5. The van der Waals surface area contributed by atoms with E-state index >= 15 is 0 Å². The van der Waals surface area contributed by atoms with E-state index in [1.165, 1.54) is 12.8 Å². The van der Waals surface area contributed by atoms with Gasteiger partial charge in [0.1, 0.15) is 0 Å². The lowest BCUT2D eigenvalue weighted by Gasteiger charge is -2.34. The summed E-state index contributed by atoms with van der Waals surface area (Å²) < 4.78 is 0. The van der Waals surface area contributed by atoms with Gasteiger partial charge >= 0.3 is 0 Å². The van der Waals surface area contributed by atoms with Crippen molar-refractivity contribution < 1.29 is 5.11 Å². The van der Waals surface area contributed by atoms with Gasteiger partial charge in [0.05, 0.1) is 11.8 Å². The largest absolute Gasteiger partial charge is 0.387 e. The molecule has 6 nitrogen and oxygen atoms in total. The Hall–Kier alpha value is -2.05. The molecule has 0 saturated carbocycles. The maximum atomic E-state index is 10.5.